The number of carbonyl (C=O) groups is 1. The van der Waals surface area contributed by atoms with Crippen molar-refractivity contribution in [3.05, 3.63) is 72.6 Å². The van der Waals surface area contributed by atoms with Gasteiger partial charge in [-0.15, -0.1) is 0 Å². The summed E-state index contributed by atoms with van der Waals surface area (Å²) in [6.45, 7) is 0.704. The van der Waals surface area contributed by atoms with Gasteiger partial charge >= 0.3 is 0 Å². The average molecular weight is 409 g/mol. The number of aromatic amines is 2. The molecule has 2 aromatic carbocycles. The molecule has 0 atom stereocenters. The van der Waals surface area contributed by atoms with Gasteiger partial charge in [0, 0.05) is 41.3 Å². The number of nitrogens with zero attached hydrogens (tertiary/aromatic N) is 3. The monoisotopic (exact) mass is 409 g/mol. The number of fused-ring (bicyclic) bond motifs is 2. The molecule has 6 rings (SSSR count). The number of β-amino-alcohol motifs (C(OH)–C–C–N with tert-alkyl or cyclic N) is 1. The van der Waals surface area contributed by atoms with E-state index in [1.54, 1.807) is 4.90 Å². The first-order valence-corrected chi connectivity index (χ1v) is 10.2. The first-order valence-electron chi connectivity index (χ1n) is 10.2. The molecule has 5 aromatic rings. The average Bonchev–Trinajstić information content (AvgIpc) is 3.40. The third-order valence-corrected chi connectivity index (χ3v) is 5.80. The SMILES string of the molecule is O=C(c1n[nH]c2ccc(-c3cnc4[nH]c(-c5ccccc5)cc4c3)cc12)N1CC(O)C1. The molecule has 3 aromatic heterocycles. The second-order valence-corrected chi connectivity index (χ2v) is 7.91. The molecular weight excluding hydrogens is 390 g/mol. The van der Waals surface area contributed by atoms with Crippen LogP contribution in [0, 0.1) is 0 Å². The number of hydrogen-bond acceptors (Lipinski definition) is 4. The van der Waals surface area contributed by atoms with E-state index >= 15 is 0 Å². The zero-order valence-electron chi connectivity index (χ0n) is 16.5. The van der Waals surface area contributed by atoms with Crippen LogP contribution in [0.2, 0.25) is 0 Å². The molecule has 1 aliphatic heterocycles. The van der Waals surface area contributed by atoms with Crippen LogP contribution in [0.5, 0.6) is 0 Å². The van der Waals surface area contributed by atoms with Crippen LogP contribution in [-0.4, -0.2) is 55.3 Å². The molecule has 1 amide bonds. The quantitative estimate of drug-likeness (QED) is 0.424. The fourth-order valence-electron chi connectivity index (χ4n) is 4.07. The number of amides is 1. The Balaban J connectivity index is 1.38. The largest absolute Gasteiger partial charge is 0.389 e. The molecule has 152 valence electrons. The van der Waals surface area contributed by atoms with Gasteiger partial charge in [-0.05, 0) is 35.4 Å². The predicted molar refractivity (Wildman–Crippen MR) is 119 cm³/mol. The van der Waals surface area contributed by atoms with Crippen molar-refractivity contribution in [2.45, 2.75) is 6.10 Å². The Kier molecular flexibility index (Phi) is 3.91. The second kappa shape index (κ2) is 6.78. The van der Waals surface area contributed by atoms with Gasteiger partial charge in [0.2, 0.25) is 0 Å². The van der Waals surface area contributed by atoms with Gasteiger partial charge in [-0.25, -0.2) is 4.98 Å². The molecule has 1 fully saturated rings. The first kappa shape index (κ1) is 17.9. The smallest absolute Gasteiger partial charge is 0.275 e. The predicted octanol–water partition coefficient (Wildman–Crippen LogP) is 3.59. The summed E-state index contributed by atoms with van der Waals surface area (Å²) in [4.78, 5) is 22.3. The molecule has 0 radical (unpaired) electrons. The molecule has 0 spiro atoms. The van der Waals surface area contributed by atoms with Gasteiger partial charge in [0.15, 0.2) is 5.69 Å². The van der Waals surface area contributed by atoms with E-state index in [9.17, 15) is 9.90 Å². The van der Waals surface area contributed by atoms with Crippen LogP contribution in [0.15, 0.2) is 66.9 Å². The third kappa shape index (κ3) is 2.98. The molecule has 1 aliphatic rings. The van der Waals surface area contributed by atoms with Crippen molar-refractivity contribution in [2.24, 2.45) is 0 Å². The molecule has 3 N–H and O–H groups in total. The Labute approximate surface area is 177 Å². The van der Waals surface area contributed by atoms with Crippen LogP contribution in [0.3, 0.4) is 0 Å². The molecule has 0 aliphatic carbocycles. The molecule has 4 heterocycles. The normalized spacial score (nSPS) is 14.3. The van der Waals surface area contributed by atoms with E-state index in [0.29, 0.717) is 18.8 Å². The van der Waals surface area contributed by atoms with Gasteiger partial charge in [0.05, 0.1) is 11.6 Å². The van der Waals surface area contributed by atoms with E-state index in [1.807, 2.05) is 42.6 Å². The molecule has 31 heavy (non-hydrogen) atoms. The summed E-state index contributed by atoms with van der Waals surface area (Å²) in [5, 5.41) is 18.4. The minimum absolute atomic E-state index is 0.166. The lowest BCUT2D eigenvalue weighted by molar-refractivity contribution is 0.00563. The number of pyridine rings is 1. The van der Waals surface area contributed by atoms with Crippen LogP contribution >= 0.6 is 0 Å². The molecule has 0 unspecified atom stereocenters. The maximum absolute atomic E-state index is 12.7. The number of rotatable bonds is 3. The topological polar surface area (TPSA) is 97.9 Å². The van der Waals surface area contributed by atoms with Crippen LogP contribution in [0.25, 0.3) is 44.3 Å². The van der Waals surface area contributed by atoms with Gasteiger partial charge in [0.25, 0.3) is 5.91 Å². The number of aromatic nitrogens is 4. The van der Waals surface area contributed by atoms with Crippen molar-refractivity contribution in [2.75, 3.05) is 13.1 Å². The summed E-state index contributed by atoms with van der Waals surface area (Å²) in [5.74, 6) is -0.166. The van der Waals surface area contributed by atoms with E-state index in [2.05, 4.69) is 44.4 Å². The number of carbonyl (C=O) groups excluding carboxylic acids is 1. The van der Waals surface area contributed by atoms with Crippen molar-refractivity contribution >= 4 is 27.8 Å². The van der Waals surface area contributed by atoms with E-state index in [1.165, 1.54) is 0 Å². The number of hydrogen-bond donors (Lipinski definition) is 3. The van der Waals surface area contributed by atoms with E-state index in [-0.39, 0.29) is 5.91 Å². The van der Waals surface area contributed by atoms with Gasteiger partial charge in [0.1, 0.15) is 5.65 Å². The lowest BCUT2D eigenvalue weighted by Gasteiger charge is -2.35. The van der Waals surface area contributed by atoms with Crippen LogP contribution in [-0.2, 0) is 0 Å². The van der Waals surface area contributed by atoms with Crippen LogP contribution < -0.4 is 0 Å². The van der Waals surface area contributed by atoms with Crippen molar-refractivity contribution in [3.8, 4) is 22.4 Å². The standard InChI is InChI=1S/C24H19N5O2/c30-18-12-29(13-18)24(31)22-19-9-15(6-7-20(19)27-28-22)17-8-16-10-21(26-23(16)25-11-17)14-4-2-1-3-5-14/h1-11,18,30H,12-13H2,(H,25,26)(H,27,28). The minimum Gasteiger partial charge on any atom is -0.389 e. The summed E-state index contributed by atoms with van der Waals surface area (Å²) in [5.41, 5.74) is 6.08. The summed E-state index contributed by atoms with van der Waals surface area (Å²) in [6.07, 6.45) is 1.40. The minimum atomic E-state index is -0.440. The number of aliphatic hydroxyl groups excluding tert-OH is 1. The summed E-state index contributed by atoms with van der Waals surface area (Å²) < 4.78 is 0. The van der Waals surface area contributed by atoms with Crippen molar-refractivity contribution in [1.82, 2.24) is 25.1 Å². The fraction of sp³-hybridized carbons (Fsp3) is 0.125. The lowest BCUT2D eigenvalue weighted by Crippen LogP contribution is -2.53. The van der Waals surface area contributed by atoms with E-state index in [0.717, 1.165) is 44.3 Å². The Morgan fingerprint density at radius 1 is 1.00 bits per heavy atom. The summed E-state index contributed by atoms with van der Waals surface area (Å²) in [6, 6.07) is 20.2. The highest BCUT2D eigenvalue weighted by Crippen LogP contribution is 2.30. The van der Waals surface area contributed by atoms with Crippen molar-refractivity contribution in [3.63, 3.8) is 0 Å². The number of benzene rings is 2. The van der Waals surface area contributed by atoms with Gasteiger partial charge in [-0.1, -0.05) is 36.4 Å². The first-order chi connectivity index (χ1) is 15.2. The Morgan fingerprint density at radius 3 is 2.65 bits per heavy atom. The lowest BCUT2D eigenvalue weighted by atomic mass is 10.0. The van der Waals surface area contributed by atoms with Gasteiger partial charge < -0.3 is 15.0 Å². The van der Waals surface area contributed by atoms with E-state index < -0.39 is 6.10 Å². The van der Waals surface area contributed by atoms with Gasteiger partial charge in [-0.3, -0.25) is 9.89 Å². The molecule has 1 saturated heterocycles. The highest BCUT2D eigenvalue weighted by Gasteiger charge is 2.31. The molecule has 0 saturated carbocycles. The number of aliphatic hydroxyl groups is 1. The maximum atomic E-state index is 12.7. The second-order valence-electron chi connectivity index (χ2n) is 7.91. The molecule has 0 bridgehead atoms. The van der Waals surface area contributed by atoms with Crippen molar-refractivity contribution in [1.29, 1.82) is 0 Å². The molecule has 7 nitrogen and oxygen atoms in total. The van der Waals surface area contributed by atoms with E-state index in [4.69, 9.17) is 0 Å². The molecular formula is C24H19N5O2. The number of H-pyrrole nitrogens is 2. The Hall–Kier alpha value is -3.97. The Morgan fingerprint density at radius 2 is 1.84 bits per heavy atom. The third-order valence-electron chi connectivity index (χ3n) is 5.80. The highest BCUT2D eigenvalue weighted by atomic mass is 16.3. The number of likely N-dealkylation sites (tertiary alicyclic amines) is 1. The Bertz CT molecular complexity index is 1430. The maximum Gasteiger partial charge on any atom is 0.275 e. The van der Waals surface area contributed by atoms with Gasteiger partial charge in [-0.2, -0.15) is 5.10 Å². The highest BCUT2D eigenvalue weighted by molar-refractivity contribution is 6.06. The summed E-state index contributed by atoms with van der Waals surface area (Å²) in [7, 11) is 0. The molecule has 7 heteroatoms. The van der Waals surface area contributed by atoms with Crippen LogP contribution in [0.4, 0.5) is 0 Å². The summed E-state index contributed by atoms with van der Waals surface area (Å²) >= 11 is 0. The van der Waals surface area contributed by atoms with Crippen LogP contribution in [0.1, 0.15) is 10.5 Å². The van der Waals surface area contributed by atoms with Crippen molar-refractivity contribution < 1.29 is 9.90 Å². The zero-order chi connectivity index (χ0) is 20.9. The fourth-order valence-corrected chi connectivity index (χ4v) is 4.07. The zero-order valence-corrected chi connectivity index (χ0v) is 16.5. The number of nitrogens with one attached hydrogen (secondary N) is 2.